The fourth-order valence-corrected chi connectivity index (χ4v) is 1.58. The van der Waals surface area contributed by atoms with E-state index < -0.39 is 4.92 Å². The molecule has 7 heteroatoms. The van der Waals surface area contributed by atoms with Crippen LogP contribution in [0.5, 0.6) is 0 Å². The molecule has 0 radical (unpaired) electrons. The minimum Gasteiger partial charge on any atom is -0.382 e. The maximum atomic E-state index is 10.7. The number of aryl methyl sites for hydroxylation is 1. The van der Waals surface area contributed by atoms with Crippen molar-refractivity contribution in [3.8, 4) is 5.69 Å². The largest absolute Gasteiger partial charge is 0.382 e. The third-order valence-electron chi connectivity index (χ3n) is 2.31. The monoisotopic (exact) mass is 252 g/mol. The maximum Gasteiger partial charge on any atom is 0.271 e. The third-order valence-corrected chi connectivity index (χ3v) is 2.77. The summed E-state index contributed by atoms with van der Waals surface area (Å²) in [5.74, 6) is 0.268. The van der Waals surface area contributed by atoms with E-state index in [-0.39, 0.29) is 11.5 Å². The standard InChI is InChI=1S/C10H9ClN4O2/c1-6-9(11)10(12)14(13-6)7-3-2-4-8(5-7)15(16)17/h2-5H,12H2,1H3. The van der Waals surface area contributed by atoms with Gasteiger partial charge in [0.1, 0.15) is 10.8 Å². The second kappa shape index (κ2) is 4.06. The van der Waals surface area contributed by atoms with Crippen molar-refractivity contribution in [1.82, 2.24) is 9.78 Å². The molecule has 0 aliphatic rings. The SMILES string of the molecule is Cc1nn(-c2cccc([N+](=O)[O-])c2)c(N)c1Cl. The highest BCUT2D eigenvalue weighted by Crippen LogP contribution is 2.26. The molecule has 0 fully saturated rings. The zero-order chi connectivity index (χ0) is 12.6. The lowest BCUT2D eigenvalue weighted by atomic mass is 10.3. The Balaban J connectivity index is 2.56. The van der Waals surface area contributed by atoms with Crippen LogP contribution in [0.1, 0.15) is 5.69 Å². The van der Waals surface area contributed by atoms with Crippen molar-refractivity contribution in [3.05, 3.63) is 45.1 Å². The average molecular weight is 253 g/mol. The van der Waals surface area contributed by atoms with Crippen LogP contribution in [-0.4, -0.2) is 14.7 Å². The first-order valence-electron chi connectivity index (χ1n) is 4.76. The molecule has 2 aromatic rings. The number of nitrogens with two attached hydrogens (primary N) is 1. The number of anilines is 1. The lowest BCUT2D eigenvalue weighted by Gasteiger charge is -2.03. The molecule has 2 rings (SSSR count). The number of nitrogen functional groups attached to an aromatic ring is 1. The predicted molar refractivity (Wildman–Crippen MR) is 64.4 cm³/mol. The van der Waals surface area contributed by atoms with E-state index in [4.69, 9.17) is 17.3 Å². The van der Waals surface area contributed by atoms with E-state index in [9.17, 15) is 10.1 Å². The van der Waals surface area contributed by atoms with Gasteiger partial charge in [0.25, 0.3) is 5.69 Å². The first kappa shape index (κ1) is 11.4. The molecule has 2 N–H and O–H groups in total. The van der Waals surface area contributed by atoms with Crippen LogP contribution in [0, 0.1) is 17.0 Å². The Kier molecular flexibility index (Phi) is 2.72. The first-order chi connectivity index (χ1) is 8.00. The van der Waals surface area contributed by atoms with Gasteiger partial charge in [0, 0.05) is 12.1 Å². The zero-order valence-corrected chi connectivity index (χ0v) is 9.68. The van der Waals surface area contributed by atoms with Gasteiger partial charge in [-0.2, -0.15) is 5.10 Å². The molecule has 0 aliphatic carbocycles. The molecule has 0 unspecified atom stereocenters. The van der Waals surface area contributed by atoms with Gasteiger partial charge in [-0.05, 0) is 13.0 Å². The molecule has 0 spiro atoms. The average Bonchev–Trinajstić information content (AvgIpc) is 2.57. The van der Waals surface area contributed by atoms with Crippen molar-refractivity contribution in [2.24, 2.45) is 0 Å². The van der Waals surface area contributed by atoms with E-state index in [0.29, 0.717) is 16.4 Å². The van der Waals surface area contributed by atoms with E-state index >= 15 is 0 Å². The molecule has 17 heavy (non-hydrogen) atoms. The zero-order valence-electron chi connectivity index (χ0n) is 8.92. The van der Waals surface area contributed by atoms with Crippen LogP contribution in [-0.2, 0) is 0 Å². The number of non-ortho nitro benzene ring substituents is 1. The van der Waals surface area contributed by atoms with Crippen molar-refractivity contribution >= 4 is 23.1 Å². The van der Waals surface area contributed by atoms with Crippen molar-refractivity contribution in [3.63, 3.8) is 0 Å². The summed E-state index contributed by atoms with van der Waals surface area (Å²) in [7, 11) is 0. The number of nitro benzene ring substituents is 1. The highest BCUT2D eigenvalue weighted by molar-refractivity contribution is 6.33. The van der Waals surface area contributed by atoms with Crippen molar-refractivity contribution in [1.29, 1.82) is 0 Å². The Morgan fingerprint density at radius 1 is 1.53 bits per heavy atom. The van der Waals surface area contributed by atoms with Crippen LogP contribution in [0.25, 0.3) is 5.69 Å². The highest BCUT2D eigenvalue weighted by Gasteiger charge is 2.13. The number of rotatable bonds is 2. The van der Waals surface area contributed by atoms with Crippen molar-refractivity contribution in [2.45, 2.75) is 6.92 Å². The molecule has 0 amide bonds. The van der Waals surface area contributed by atoms with Crippen LogP contribution in [0.2, 0.25) is 5.02 Å². The number of halogens is 1. The van der Waals surface area contributed by atoms with Gasteiger partial charge >= 0.3 is 0 Å². The lowest BCUT2D eigenvalue weighted by Crippen LogP contribution is -2.02. The Bertz CT molecular complexity index is 594. The molecule has 88 valence electrons. The molecule has 0 saturated heterocycles. The molecular formula is C10H9ClN4O2. The van der Waals surface area contributed by atoms with Crippen LogP contribution in [0.4, 0.5) is 11.5 Å². The van der Waals surface area contributed by atoms with Gasteiger partial charge in [-0.1, -0.05) is 17.7 Å². The summed E-state index contributed by atoms with van der Waals surface area (Å²) in [5.41, 5.74) is 6.82. The normalized spacial score (nSPS) is 10.5. The topological polar surface area (TPSA) is 87.0 Å². The van der Waals surface area contributed by atoms with Crippen LogP contribution in [0.15, 0.2) is 24.3 Å². The molecule has 0 bridgehead atoms. The van der Waals surface area contributed by atoms with E-state index in [0.717, 1.165) is 0 Å². The molecule has 6 nitrogen and oxygen atoms in total. The number of nitro groups is 1. The number of aromatic nitrogens is 2. The molecular weight excluding hydrogens is 244 g/mol. The van der Waals surface area contributed by atoms with Crippen LogP contribution < -0.4 is 5.73 Å². The number of benzene rings is 1. The minimum atomic E-state index is -0.475. The minimum absolute atomic E-state index is 0.0221. The fourth-order valence-electron chi connectivity index (χ4n) is 1.46. The summed E-state index contributed by atoms with van der Waals surface area (Å²) < 4.78 is 1.38. The van der Waals surface area contributed by atoms with Gasteiger partial charge in [0.05, 0.1) is 16.3 Å². The van der Waals surface area contributed by atoms with Gasteiger partial charge in [-0.15, -0.1) is 0 Å². The van der Waals surface area contributed by atoms with Crippen LogP contribution in [0.3, 0.4) is 0 Å². The Hall–Kier alpha value is -2.08. The van der Waals surface area contributed by atoms with Gasteiger partial charge < -0.3 is 5.73 Å². The summed E-state index contributed by atoms with van der Waals surface area (Å²) in [6.07, 6.45) is 0. The van der Waals surface area contributed by atoms with E-state index in [1.54, 1.807) is 19.1 Å². The predicted octanol–water partition coefficient (Wildman–Crippen LogP) is 2.32. The number of hydrogen-bond acceptors (Lipinski definition) is 4. The molecule has 1 heterocycles. The Morgan fingerprint density at radius 2 is 2.24 bits per heavy atom. The summed E-state index contributed by atoms with van der Waals surface area (Å²) >= 11 is 5.91. The summed E-state index contributed by atoms with van der Waals surface area (Å²) in [6.45, 7) is 1.71. The third kappa shape index (κ3) is 1.94. The van der Waals surface area contributed by atoms with Gasteiger partial charge in [-0.25, -0.2) is 4.68 Å². The van der Waals surface area contributed by atoms with Crippen molar-refractivity contribution in [2.75, 3.05) is 5.73 Å². The van der Waals surface area contributed by atoms with Gasteiger partial charge in [0.2, 0.25) is 0 Å². The molecule has 1 aromatic heterocycles. The first-order valence-corrected chi connectivity index (χ1v) is 5.14. The highest BCUT2D eigenvalue weighted by atomic mass is 35.5. The second-order valence-electron chi connectivity index (χ2n) is 3.47. The van der Waals surface area contributed by atoms with Gasteiger partial charge in [0.15, 0.2) is 0 Å². The fraction of sp³-hybridized carbons (Fsp3) is 0.100. The smallest absolute Gasteiger partial charge is 0.271 e. The van der Waals surface area contributed by atoms with Gasteiger partial charge in [-0.3, -0.25) is 10.1 Å². The Labute approximate surface area is 102 Å². The van der Waals surface area contributed by atoms with E-state index in [2.05, 4.69) is 5.10 Å². The molecule has 0 atom stereocenters. The maximum absolute atomic E-state index is 10.7. The number of nitrogens with zero attached hydrogens (tertiary/aromatic N) is 3. The van der Waals surface area contributed by atoms with E-state index in [1.807, 2.05) is 0 Å². The Morgan fingerprint density at radius 3 is 2.76 bits per heavy atom. The number of hydrogen-bond donors (Lipinski definition) is 1. The molecule has 0 saturated carbocycles. The van der Waals surface area contributed by atoms with E-state index in [1.165, 1.54) is 16.8 Å². The lowest BCUT2D eigenvalue weighted by molar-refractivity contribution is -0.384. The van der Waals surface area contributed by atoms with Crippen molar-refractivity contribution < 1.29 is 4.92 Å². The molecule has 0 aliphatic heterocycles. The van der Waals surface area contributed by atoms with Crippen LogP contribution >= 0.6 is 11.6 Å². The summed E-state index contributed by atoms with van der Waals surface area (Å²) in [5, 5.41) is 15.1. The second-order valence-corrected chi connectivity index (χ2v) is 3.85. The quantitative estimate of drug-likeness (QED) is 0.656. The summed E-state index contributed by atoms with van der Waals surface area (Å²) in [6, 6.07) is 6.03. The molecule has 1 aromatic carbocycles. The summed E-state index contributed by atoms with van der Waals surface area (Å²) in [4.78, 5) is 10.2.